The molecule has 0 unspecified atom stereocenters. The third-order valence-electron chi connectivity index (χ3n) is 5.40. The molecule has 2 aliphatic carbocycles. The first kappa shape index (κ1) is 16.3. The number of benzene rings is 1. The number of hydrogen-bond acceptors (Lipinski definition) is 4. The summed E-state index contributed by atoms with van der Waals surface area (Å²) in [5.74, 6) is 7.28. The van der Waals surface area contributed by atoms with E-state index in [1.165, 1.54) is 11.4 Å². The predicted octanol–water partition coefficient (Wildman–Crippen LogP) is 3.79. The van der Waals surface area contributed by atoms with Gasteiger partial charge in [0.25, 0.3) is 5.91 Å². The van der Waals surface area contributed by atoms with E-state index >= 15 is 0 Å². The molecule has 1 heterocycles. The Morgan fingerprint density at radius 1 is 1.12 bits per heavy atom. The van der Waals surface area contributed by atoms with E-state index in [2.05, 4.69) is 17.3 Å². The first-order chi connectivity index (χ1) is 12.2. The molecule has 2 aromatic rings. The summed E-state index contributed by atoms with van der Waals surface area (Å²) in [4.78, 5) is 13.0. The largest absolute Gasteiger partial charge is 0.360 e. The van der Waals surface area contributed by atoms with Crippen molar-refractivity contribution in [1.29, 1.82) is 0 Å². The zero-order valence-corrected chi connectivity index (χ0v) is 14.5. The van der Waals surface area contributed by atoms with E-state index in [-0.39, 0.29) is 11.9 Å². The Hall–Kier alpha value is -2.14. The van der Waals surface area contributed by atoms with Crippen LogP contribution in [0.5, 0.6) is 0 Å². The molecular weight excluding hydrogens is 314 g/mol. The minimum Gasteiger partial charge on any atom is -0.360 e. The van der Waals surface area contributed by atoms with Crippen LogP contribution < -0.4 is 5.84 Å². The highest BCUT2D eigenvalue weighted by Gasteiger charge is 2.35. The zero-order chi connectivity index (χ0) is 17.2. The fourth-order valence-electron chi connectivity index (χ4n) is 3.77. The highest BCUT2D eigenvalue weighted by molar-refractivity contribution is 5.93. The SMILES string of the molecule is NN(C(=O)c1noc(C2CC2)c1Cc1ccccc1)C1CCCCC1. The summed E-state index contributed by atoms with van der Waals surface area (Å²) in [6.45, 7) is 0. The van der Waals surface area contributed by atoms with Gasteiger partial charge >= 0.3 is 0 Å². The molecule has 0 spiro atoms. The third-order valence-corrected chi connectivity index (χ3v) is 5.40. The lowest BCUT2D eigenvalue weighted by atomic mass is 9.94. The molecule has 4 rings (SSSR count). The van der Waals surface area contributed by atoms with E-state index in [1.54, 1.807) is 0 Å². The maximum Gasteiger partial charge on any atom is 0.290 e. The Balaban J connectivity index is 1.61. The van der Waals surface area contributed by atoms with Crippen molar-refractivity contribution in [1.82, 2.24) is 10.2 Å². The van der Waals surface area contributed by atoms with Crippen LogP contribution in [-0.4, -0.2) is 22.1 Å². The summed E-state index contributed by atoms with van der Waals surface area (Å²) in [7, 11) is 0. The number of nitrogens with zero attached hydrogens (tertiary/aromatic N) is 2. The summed E-state index contributed by atoms with van der Waals surface area (Å²) in [6.07, 6.45) is 8.33. The summed E-state index contributed by atoms with van der Waals surface area (Å²) in [5.41, 5.74) is 2.48. The van der Waals surface area contributed by atoms with Crippen molar-refractivity contribution in [3.05, 3.63) is 52.9 Å². The van der Waals surface area contributed by atoms with Gasteiger partial charge in [-0.15, -0.1) is 0 Å². The van der Waals surface area contributed by atoms with E-state index in [0.29, 0.717) is 18.0 Å². The molecule has 2 saturated carbocycles. The van der Waals surface area contributed by atoms with Gasteiger partial charge in [0.1, 0.15) is 5.76 Å². The monoisotopic (exact) mass is 339 g/mol. The fraction of sp³-hybridized carbons (Fsp3) is 0.500. The number of carbonyl (C=O) groups is 1. The molecule has 0 atom stereocenters. The lowest BCUT2D eigenvalue weighted by molar-refractivity contribution is 0.0622. The first-order valence-corrected chi connectivity index (χ1v) is 9.34. The lowest BCUT2D eigenvalue weighted by Crippen LogP contribution is -2.46. The molecule has 132 valence electrons. The summed E-state index contributed by atoms with van der Waals surface area (Å²) in [5, 5.41) is 5.55. The van der Waals surface area contributed by atoms with Crippen LogP contribution >= 0.6 is 0 Å². The third kappa shape index (κ3) is 3.47. The van der Waals surface area contributed by atoms with Crippen LogP contribution in [0.15, 0.2) is 34.9 Å². The van der Waals surface area contributed by atoms with E-state index in [1.807, 2.05) is 18.2 Å². The lowest BCUT2D eigenvalue weighted by Gasteiger charge is -2.30. The number of aromatic nitrogens is 1. The number of hydrazine groups is 1. The van der Waals surface area contributed by atoms with E-state index in [4.69, 9.17) is 10.4 Å². The molecule has 1 amide bonds. The van der Waals surface area contributed by atoms with Crippen molar-refractivity contribution in [2.24, 2.45) is 5.84 Å². The van der Waals surface area contributed by atoms with Crippen LogP contribution in [0.1, 0.15) is 78.2 Å². The zero-order valence-electron chi connectivity index (χ0n) is 14.5. The van der Waals surface area contributed by atoms with Crippen LogP contribution in [0.25, 0.3) is 0 Å². The Kier molecular flexibility index (Phi) is 4.57. The van der Waals surface area contributed by atoms with Crippen LogP contribution in [0.2, 0.25) is 0 Å². The average molecular weight is 339 g/mol. The molecule has 25 heavy (non-hydrogen) atoms. The first-order valence-electron chi connectivity index (χ1n) is 9.34. The van der Waals surface area contributed by atoms with Gasteiger partial charge in [0.2, 0.25) is 0 Å². The Labute approximate surface area is 148 Å². The van der Waals surface area contributed by atoms with E-state index in [0.717, 1.165) is 55.4 Å². The van der Waals surface area contributed by atoms with Gasteiger partial charge in [0.15, 0.2) is 5.69 Å². The van der Waals surface area contributed by atoms with Crippen molar-refractivity contribution in [2.45, 2.75) is 63.3 Å². The standard InChI is InChI=1S/C20H25N3O2/c21-23(16-9-5-2-6-10-16)20(24)18-17(13-14-7-3-1-4-8-14)19(25-22-18)15-11-12-15/h1,3-4,7-8,15-16H,2,5-6,9-13,21H2. The van der Waals surface area contributed by atoms with Crippen molar-refractivity contribution < 1.29 is 9.32 Å². The molecular formula is C20H25N3O2. The molecule has 5 heteroatoms. The van der Waals surface area contributed by atoms with Gasteiger partial charge in [-0.1, -0.05) is 54.8 Å². The topological polar surface area (TPSA) is 72.4 Å². The number of carbonyl (C=O) groups excluding carboxylic acids is 1. The molecule has 2 fully saturated rings. The molecule has 5 nitrogen and oxygen atoms in total. The van der Waals surface area contributed by atoms with Gasteiger partial charge in [-0.2, -0.15) is 0 Å². The van der Waals surface area contributed by atoms with Gasteiger partial charge < -0.3 is 4.52 Å². The average Bonchev–Trinajstić information content (AvgIpc) is 3.43. The molecule has 0 bridgehead atoms. The number of amides is 1. The molecule has 2 aliphatic rings. The molecule has 0 saturated heterocycles. The Bertz CT molecular complexity index is 731. The predicted molar refractivity (Wildman–Crippen MR) is 95.0 cm³/mol. The molecule has 0 aliphatic heterocycles. The van der Waals surface area contributed by atoms with Gasteiger partial charge in [0.05, 0.1) is 0 Å². The minimum absolute atomic E-state index is 0.118. The fourth-order valence-corrected chi connectivity index (χ4v) is 3.77. The van der Waals surface area contributed by atoms with Gasteiger partial charge in [-0.25, -0.2) is 5.84 Å². The maximum atomic E-state index is 13.0. The van der Waals surface area contributed by atoms with Crippen LogP contribution in [0.4, 0.5) is 0 Å². The summed E-state index contributed by atoms with van der Waals surface area (Å²) >= 11 is 0. The van der Waals surface area contributed by atoms with Gasteiger partial charge in [0, 0.05) is 23.9 Å². The van der Waals surface area contributed by atoms with Crippen LogP contribution in [-0.2, 0) is 6.42 Å². The highest BCUT2D eigenvalue weighted by atomic mass is 16.5. The molecule has 2 N–H and O–H groups in total. The molecule has 1 aromatic carbocycles. The quantitative estimate of drug-likeness (QED) is 0.511. The number of hydrogen-bond donors (Lipinski definition) is 1. The second kappa shape index (κ2) is 7.00. The van der Waals surface area contributed by atoms with Crippen LogP contribution in [0, 0.1) is 0 Å². The van der Waals surface area contributed by atoms with E-state index in [9.17, 15) is 4.79 Å². The smallest absolute Gasteiger partial charge is 0.290 e. The highest BCUT2D eigenvalue weighted by Crippen LogP contribution is 2.43. The second-order valence-electron chi connectivity index (χ2n) is 7.31. The van der Waals surface area contributed by atoms with Crippen molar-refractivity contribution in [3.8, 4) is 0 Å². The van der Waals surface area contributed by atoms with Crippen molar-refractivity contribution in [3.63, 3.8) is 0 Å². The second-order valence-corrected chi connectivity index (χ2v) is 7.31. The van der Waals surface area contributed by atoms with E-state index < -0.39 is 0 Å². The number of nitrogens with two attached hydrogens (primary N) is 1. The summed E-state index contributed by atoms with van der Waals surface area (Å²) in [6, 6.07) is 10.3. The molecule has 0 radical (unpaired) electrons. The van der Waals surface area contributed by atoms with Crippen molar-refractivity contribution >= 4 is 5.91 Å². The molecule has 1 aromatic heterocycles. The van der Waals surface area contributed by atoms with Gasteiger partial charge in [-0.3, -0.25) is 9.80 Å². The Morgan fingerprint density at radius 2 is 1.84 bits per heavy atom. The normalized spacial score (nSPS) is 18.3. The number of rotatable bonds is 5. The van der Waals surface area contributed by atoms with Gasteiger partial charge in [-0.05, 0) is 31.2 Å². The van der Waals surface area contributed by atoms with Crippen LogP contribution in [0.3, 0.4) is 0 Å². The maximum absolute atomic E-state index is 13.0. The minimum atomic E-state index is -0.200. The van der Waals surface area contributed by atoms with Crippen molar-refractivity contribution in [2.75, 3.05) is 0 Å². The Morgan fingerprint density at radius 3 is 2.52 bits per heavy atom. The summed E-state index contributed by atoms with van der Waals surface area (Å²) < 4.78 is 5.60.